The van der Waals surface area contributed by atoms with Gasteiger partial charge in [0, 0.05) is 28.2 Å². The van der Waals surface area contributed by atoms with E-state index in [0.29, 0.717) is 21.7 Å². The van der Waals surface area contributed by atoms with Crippen molar-refractivity contribution in [2.24, 2.45) is 5.92 Å². The molecule has 1 saturated carbocycles. The first kappa shape index (κ1) is 23.7. The number of carbonyl (C=O) groups excluding carboxylic acids is 1. The molecule has 2 fully saturated rings. The third-order valence-electron chi connectivity index (χ3n) is 7.63. The van der Waals surface area contributed by atoms with Crippen molar-refractivity contribution in [3.05, 3.63) is 69.9 Å². The van der Waals surface area contributed by atoms with Crippen molar-refractivity contribution in [2.75, 3.05) is 13.1 Å². The zero-order valence-corrected chi connectivity index (χ0v) is 21.0. The normalized spacial score (nSPS) is 23.8. The molecule has 4 aliphatic rings. The smallest absolute Gasteiger partial charge is 0.253 e. The molecule has 1 aromatic carbocycles. The Morgan fingerprint density at radius 3 is 2.71 bits per heavy atom. The van der Waals surface area contributed by atoms with Gasteiger partial charge in [-0.2, -0.15) is 0 Å². The molecular weight excluding hydrogens is 467 g/mol. The van der Waals surface area contributed by atoms with Crippen LogP contribution in [0.2, 0.25) is 10.0 Å². The molecule has 1 N–H and O–H groups in total. The average molecular weight is 499 g/mol. The molecule has 0 aromatic heterocycles. The number of halogens is 2. The van der Waals surface area contributed by atoms with E-state index in [0.717, 1.165) is 50.5 Å². The second-order valence-corrected chi connectivity index (χ2v) is 10.7. The first-order valence-corrected chi connectivity index (χ1v) is 13.3. The number of carbonyl (C=O) groups is 1. The van der Waals surface area contributed by atoms with Crippen molar-refractivity contribution in [2.45, 2.75) is 63.5 Å². The lowest BCUT2D eigenvalue weighted by molar-refractivity contribution is 0.0916. The summed E-state index contributed by atoms with van der Waals surface area (Å²) in [6.07, 6.45) is 11.3. The summed E-state index contributed by atoms with van der Waals surface area (Å²) >= 11 is 12.2. The summed E-state index contributed by atoms with van der Waals surface area (Å²) in [5.74, 6) is 1.58. The molecule has 4 nitrogen and oxygen atoms in total. The van der Waals surface area contributed by atoms with Gasteiger partial charge in [0.05, 0.1) is 16.8 Å². The summed E-state index contributed by atoms with van der Waals surface area (Å²) < 4.78 is 5.89. The fourth-order valence-corrected chi connectivity index (χ4v) is 6.17. The zero-order chi connectivity index (χ0) is 23.5. The number of nitrogens with one attached hydrogen (secondary N) is 1. The highest BCUT2D eigenvalue weighted by Gasteiger charge is 2.28. The molecule has 180 valence electrons. The lowest BCUT2D eigenvalue weighted by atomic mass is 9.83. The maximum atomic E-state index is 12.6. The molecule has 1 unspecified atom stereocenters. The Labute approximate surface area is 211 Å². The van der Waals surface area contributed by atoms with E-state index in [2.05, 4.69) is 28.4 Å². The van der Waals surface area contributed by atoms with Crippen LogP contribution in [0.4, 0.5) is 0 Å². The van der Waals surface area contributed by atoms with E-state index >= 15 is 0 Å². The van der Waals surface area contributed by atoms with Crippen molar-refractivity contribution >= 4 is 29.1 Å². The Morgan fingerprint density at radius 1 is 1.03 bits per heavy atom. The Morgan fingerprint density at radius 2 is 1.88 bits per heavy atom. The van der Waals surface area contributed by atoms with Gasteiger partial charge in [0.25, 0.3) is 5.91 Å². The van der Waals surface area contributed by atoms with Crippen LogP contribution in [0.25, 0.3) is 11.3 Å². The predicted octanol–water partition coefficient (Wildman–Crippen LogP) is 7.60. The van der Waals surface area contributed by atoms with Gasteiger partial charge in [-0.15, -0.1) is 0 Å². The molecule has 0 spiro atoms. The van der Waals surface area contributed by atoms with Gasteiger partial charge >= 0.3 is 0 Å². The molecule has 0 radical (unpaired) electrons. The molecule has 1 aromatic rings. The number of fused-ring (bicyclic) bond motifs is 1. The summed E-state index contributed by atoms with van der Waals surface area (Å²) in [5.41, 5.74) is 3.00. The van der Waals surface area contributed by atoms with Gasteiger partial charge in [-0.3, -0.25) is 9.69 Å². The Bertz CT molecular complexity index is 1090. The van der Waals surface area contributed by atoms with Crippen LogP contribution in [0, 0.1) is 5.92 Å². The molecule has 0 bridgehead atoms. The highest BCUT2D eigenvalue weighted by atomic mass is 35.5. The molecule has 6 heteroatoms. The number of rotatable bonds is 6. The highest BCUT2D eigenvalue weighted by molar-refractivity contribution is 6.36. The van der Waals surface area contributed by atoms with Gasteiger partial charge in [-0.1, -0.05) is 41.8 Å². The van der Waals surface area contributed by atoms with Crippen molar-refractivity contribution in [1.82, 2.24) is 10.2 Å². The van der Waals surface area contributed by atoms with E-state index in [-0.39, 0.29) is 11.9 Å². The fourth-order valence-electron chi connectivity index (χ4n) is 5.68. The van der Waals surface area contributed by atoms with Gasteiger partial charge < -0.3 is 9.73 Å². The fraction of sp³-hybridized carbons (Fsp3) is 0.464. The van der Waals surface area contributed by atoms with E-state index in [1.165, 1.54) is 36.8 Å². The number of nitrogens with zero attached hydrogens (tertiary/aromatic N) is 1. The predicted molar refractivity (Wildman–Crippen MR) is 138 cm³/mol. The van der Waals surface area contributed by atoms with Gasteiger partial charge in [-0.25, -0.2) is 0 Å². The van der Waals surface area contributed by atoms with E-state index in [9.17, 15) is 4.79 Å². The first-order valence-electron chi connectivity index (χ1n) is 12.5. The SMILES string of the molecule is O=C(N[C@H]1CC[C@H](CCN2CCCCC2c2coc3cccc-3c2)CC1)c1ccc(Cl)cc1Cl. The van der Waals surface area contributed by atoms with Crippen molar-refractivity contribution in [3.8, 4) is 11.3 Å². The van der Waals surface area contributed by atoms with Crippen LogP contribution in [0.15, 0.2) is 53.1 Å². The Balaban J connectivity index is 1.12. The first-order chi connectivity index (χ1) is 16.6. The van der Waals surface area contributed by atoms with Crippen molar-refractivity contribution in [3.63, 3.8) is 0 Å². The second-order valence-electron chi connectivity index (χ2n) is 9.88. The van der Waals surface area contributed by atoms with Crippen LogP contribution in [-0.2, 0) is 0 Å². The van der Waals surface area contributed by atoms with Crippen LogP contribution in [0.5, 0.6) is 0 Å². The lowest BCUT2D eigenvalue weighted by Crippen LogP contribution is -2.39. The molecule has 1 saturated heterocycles. The quantitative estimate of drug-likeness (QED) is 0.380. The third kappa shape index (κ3) is 5.45. The topological polar surface area (TPSA) is 45.5 Å². The monoisotopic (exact) mass is 498 g/mol. The summed E-state index contributed by atoms with van der Waals surface area (Å²) in [5, 5.41) is 4.12. The van der Waals surface area contributed by atoms with Crippen molar-refractivity contribution < 1.29 is 9.21 Å². The van der Waals surface area contributed by atoms with Crippen LogP contribution in [-0.4, -0.2) is 29.9 Å². The summed E-state index contributed by atoms with van der Waals surface area (Å²) in [4.78, 5) is 15.3. The van der Waals surface area contributed by atoms with Gasteiger partial charge in [0.2, 0.25) is 0 Å². The Kier molecular flexibility index (Phi) is 7.48. The van der Waals surface area contributed by atoms with Gasteiger partial charge in [-0.05, 0) is 94.3 Å². The largest absolute Gasteiger partial charge is 0.464 e. The number of hydrogen-bond donors (Lipinski definition) is 1. The summed E-state index contributed by atoms with van der Waals surface area (Å²) in [7, 11) is 0. The summed E-state index contributed by atoms with van der Waals surface area (Å²) in [6.45, 7) is 2.29. The number of likely N-dealkylation sites (tertiary alicyclic amines) is 1. The van der Waals surface area contributed by atoms with Crippen LogP contribution < -0.4 is 5.32 Å². The average Bonchev–Trinajstić information content (AvgIpc) is 3.32. The van der Waals surface area contributed by atoms with Crippen LogP contribution in [0.3, 0.4) is 0 Å². The number of piperidine rings is 1. The highest BCUT2D eigenvalue weighted by Crippen LogP contribution is 2.36. The van der Waals surface area contributed by atoms with Crippen LogP contribution >= 0.6 is 23.2 Å². The van der Waals surface area contributed by atoms with Crippen LogP contribution in [0.1, 0.15) is 73.3 Å². The number of amides is 1. The minimum absolute atomic E-state index is 0.103. The molecule has 34 heavy (non-hydrogen) atoms. The maximum absolute atomic E-state index is 12.6. The van der Waals surface area contributed by atoms with Crippen molar-refractivity contribution in [1.29, 1.82) is 0 Å². The number of benzene rings is 1. The molecule has 1 amide bonds. The van der Waals surface area contributed by atoms with Gasteiger partial charge in [0.15, 0.2) is 0 Å². The lowest BCUT2D eigenvalue weighted by Gasteiger charge is -2.37. The molecule has 2 heterocycles. The van der Waals surface area contributed by atoms with E-state index in [1.54, 1.807) is 18.2 Å². The zero-order valence-electron chi connectivity index (χ0n) is 19.4. The summed E-state index contributed by atoms with van der Waals surface area (Å²) in [6, 6.07) is 14.2. The maximum Gasteiger partial charge on any atom is 0.253 e. The Hall–Kier alpha value is -2.01. The minimum Gasteiger partial charge on any atom is -0.464 e. The standard InChI is InChI=1S/C28H32Cl2N2O2/c29-22-9-12-24(25(30)17-22)28(33)31-23-10-7-19(8-11-23)13-15-32-14-2-1-5-26(32)21-16-20-4-3-6-27(20)34-18-21/h3-4,6,9,12,16-19,23,26H,1-2,5,7-8,10-11,13-15H2,(H,31,33)/t19-,23-,26?. The second kappa shape index (κ2) is 10.7. The molecule has 5 rings (SSSR count). The van der Waals surface area contributed by atoms with E-state index < -0.39 is 0 Å². The molecule has 1 atom stereocenters. The molecule has 2 aliphatic carbocycles. The van der Waals surface area contributed by atoms with Gasteiger partial charge in [0.1, 0.15) is 5.76 Å². The van der Waals surface area contributed by atoms with E-state index in [1.807, 2.05) is 12.3 Å². The third-order valence-corrected chi connectivity index (χ3v) is 8.18. The minimum atomic E-state index is -0.103. The number of hydrogen-bond acceptors (Lipinski definition) is 3. The molecular formula is C28H32Cl2N2O2. The molecule has 2 aliphatic heterocycles. The van der Waals surface area contributed by atoms with E-state index in [4.69, 9.17) is 27.6 Å².